The number of Topliss-reactive ketones (excluding diaryl/α,β-unsaturated/α-hetero) is 1. The van der Waals surface area contributed by atoms with E-state index in [2.05, 4.69) is 10.3 Å². The number of pyridine rings is 1. The average Bonchev–Trinajstić information content (AvgIpc) is 3.67. The van der Waals surface area contributed by atoms with Crippen LogP contribution in [-0.2, 0) is 19.6 Å². The molecule has 204 valence electrons. The summed E-state index contributed by atoms with van der Waals surface area (Å²) in [6, 6.07) is 11.6. The Kier molecular flexibility index (Phi) is 7.66. The highest BCUT2D eigenvalue weighted by Crippen LogP contribution is 2.34. The fourth-order valence-corrected chi connectivity index (χ4v) is 7.69. The number of benzene rings is 1. The Bertz CT molecular complexity index is 1460. The second-order valence-corrected chi connectivity index (χ2v) is 13.1. The van der Waals surface area contributed by atoms with Gasteiger partial charge in [-0.15, -0.1) is 11.3 Å². The highest BCUT2D eigenvalue weighted by molar-refractivity contribution is 7.89. The predicted molar refractivity (Wildman–Crippen MR) is 148 cm³/mol. The molecule has 2 aromatic heterocycles. The second kappa shape index (κ2) is 11.0. The van der Waals surface area contributed by atoms with Crippen LogP contribution >= 0.6 is 11.3 Å². The Morgan fingerprint density at radius 1 is 1.10 bits per heavy atom. The molecule has 2 aliphatic rings. The van der Waals surface area contributed by atoms with Crippen molar-refractivity contribution < 1.29 is 22.8 Å². The molecular formula is C28H30N4O5S2. The van der Waals surface area contributed by atoms with Crippen LogP contribution in [0.25, 0.3) is 10.4 Å². The van der Waals surface area contributed by atoms with Gasteiger partial charge in [-0.3, -0.25) is 19.4 Å². The first-order chi connectivity index (χ1) is 18.7. The van der Waals surface area contributed by atoms with E-state index in [9.17, 15) is 22.8 Å². The number of ketones is 1. The number of carbonyl (C=O) groups excluding carboxylic acids is 3. The lowest BCUT2D eigenvalue weighted by Gasteiger charge is -2.29. The van der Waals surface area contributed by atoms with Crippen molar-refractivity contribution in [1.82, 2.24) is 19.5 Å². The second-order valence-electron chi connectivity index (χ2n) is 10.2. The van der Waals surface area contributed by atoms with E-state index in [1.807, 2.05) is 43.5 Å². The van der Waals surface area contributed by atoms with Gasteiger partial charge < -0.3 is 10.2 Å². The molecule has 2 saturated heterocycles. The maximum absolute atomic E-state index is 13.8. The van der Waals surface area contributed by atoms with Crippen LogP contribution in [0.3, 0.4) is 0 Å². The largest absolute Gasteiger partial charge is 0.340 e. The number of nitrogens with one attached hydrogen (secondary N) is 1. The van der Waals surface area contributed by atoms with Crippen LogP contribution in [0.5, 0.6) is 0 Å². The fraction of sp³-hybridized carbons (Fsp3) is 0.357. The first-order valence-corrected chi connectivity index (χ1v) is 15.2. The molecule has 1 N–H and O–H groups in total. The lowest BCUT2D eigenvalue weighted by molar-refractivity contribution is -0.138. The third-order valence-corrected chi connectivity index (χ3v) is 9.98. The maximum Gasteiger partial charge on any atom is 0.251 e. The van der Waals surface area contributed by atoms with Crippen LogP contribution in [0.15, 0.2) is 71.2 Å². The van der Waals surface area contributed by atoms with Gasteiger partial charge in [-0.25, -0.2) is 8.42 Å². The summed E-state index contributed by atoms with van der Waals surface area (Å²) in [5, 5.41) is 4.87. The van der Waals surface area contributed by atoms with Crippen molar-refractivity contribution in [3.05, 3.63) is 71.9 Å². The number of amides is 2. The van der Waals surface area contributed by atoms with Gasteiger partial charge >= 0.3 is 0 Å². The van der Waals surface area contributed by atoms with Crippen molar-refractivity contribution in [3.8, 4) is 10.4 Å². The van der Waals surface area contributed by atoms with E-state index in [-0.39, 0.29) is 41.5 Å². The van der Waals surface area contributed by atoms with Gasteiger partial charge in [0.15, 0.2) is 5.78 Å². The standard InChI is InChI=1S/C28H30N4O5S2/c1-18(2)16-22(30-27(34)20-7-5-19(6-8-20)25-4-3-15-38-25)28(35)31-14-11-23-26(31)24(33)17-32(23)39(36,37)21-9-12-29-13-10-21/h3-10,12-13,15,18,22-23,26H,11,14,16-17H2,1-2H3,(H,30,34). The molecule has 3 aromatic rings. The number of rotatable bonds is 8. The van der Waals surface area contributed by atoms with E-state index in [1.54, 1.807) is 23.5 Å². The maximum atomic E-state index is 13.8. The lowest BCUT2D eigenvalue weighted by atomic mass is 10.0. The number of thiophene rings is 1. The molecule has 1 aromatic carbocycles. The Hall–Kier alpha value is -3.41. The summed E-state index contributed by atoms with van der Waals surface area (Å²) in [5.74, 6) is -0.956. The number of carbonyl (C=O) groups is 3. The molecule has 39 heavy (non-hydrogen) atoms. The van der Waals surface area contributed by atoms with Crippen LogP contribution in [0.1, 0.15) is 37.0 Å². The summed E-state index contributed by atoms with van der Waals surface area (Å²) in [5.41, 5.74) is 1.44. The van der Waals surface area contributed by atoms with Gasteiger partial charge in [0.2, 0.25) is 15.9 Å². The number of fused-ring (bicyclic) bond motifs is 1. The van der Waals surface area contributed by atoms with Crippen molar-refractivity contribution in [1.29, 1.82) is 0 Å². The topological polar surface area (TPSA) is 117 Å². The highest BCUT2D eigenvalue weighted by atomic mass is 32.2. The smallest absolute Gasteiger partial charge is 0.251 e. The Balaban J connectivity index is 1.33. The zero-order valence-corrected chi connectivity index (χ0v) is 23.3. The SMILES string of the molecule is CC(C)CC(NC(=O)c1ccc(-c2cccs2)cc1)C(=O)N1CCC2C1C(=O)CN2S(=O)(=O)c1ccncc1. The Morgan fingerprint density at radius 2 is 1.82 bits per heavy atom. The summed E-state index contributed by atoms with van der Waals surface area (Å²) < 4.78 is 27.7. The third kappa shape index (κ3) is 5.39. The Labute approximate surface area is 231 Å². The Morgan fingerprint density at radius 3 is 2.46 bits per heavy atom. The minimum atomic E-state index is -3.92. The summed E-state index contributed by atoms with van der Waals surface area (Å²) in [6.07, 6.45) is 3.52. The molecule has 0 aliphatic carbocycles. The number of aromatic nitrogens is 1. The van der Waals surface area contributed by atoms with Gasteiger partial charge in [0, 0.05) is 29.4 Å². The minimum absolute atomic E-state index is 0.0609. The minimum Gasteiger partial charge on any atom is -0.340 e. The molecule has 5 rings (SSSR count). The van der Waals surface area contributed by atoms with Crippen molar-refractivity contribution >= 4 is 39.0 Å². The van der Waals surface area contributed by atoms with Crippen molar-refractivity contribution in [2.45, 2.75) is 49.7 Å². The molecule has 2 amide bonds. The van der Waals surface area contributed by atoms with Crippen molar-refractivity contribution in [2.24, 2.45) is 5.92 Å². The van der Waals surface area contributed by atoms with Crippen LogP contribution in [0.2, 0.25) is 0 Å². The average molecular weight is 567 g/mol. The van der Waals surface area contributed by atoms with E-state index in [1.165, 1.54) is 33.7 Å². The van der Waals surface area contributed by atoms with Gasteiger partial charge in [-0.2, -0.15) is 4.31 Å². The molecule has 9 nitrogen and oxygen atoms in total. The summed E-state index contributed by atoms with van der Waals surface area (Å²) in [4.78, 5) is 46.5. The zero-order valence-electron chi connectivity index (χ0n) is 21.7. The lowest BCUT2D eigenvalue weighted by Crippen LogP contribution is -2.53. The molecule has 0 bridgehead atoms. The van der Waals surface area contributed by atoms with E-state index < -0.39 is 28.1 Å². The summed E-state index contributed by atoms with van der Waals surface area (Å²) in [7, 11) is -3.92. The first kappa shape index (κ1) is 27.2. The normalized spacial score (nSPS) is 20.3. The molecule has 0 saturated carbocycles. The summed E-state index contributed by atoms with van der Waals surface area (Å²) >= 11 is 1.61. The summed E-state index contributed by atoms with van der Waals surface area (Å²) in [6.45, 7) is 3.86. The van der Waals surface area contributed by atoms with Gasteiger partial charge in [-0.1, -0.05) is 32.0 Å². The quantitative estimate of drug-likeness (QED) is 0.448. The van der Waals surface area contributed by atoms with Crippen molar-refractivity contribution in [2.75, 3.05) is 13.1 Å². The monoisotopic (exact) mass is 566 g/mol. The third-order valence-electron chi connectivity index (χ3n) is 7.18. The van der Waals surface area contributed by atoms with Gasteiger partial charge in [0.05, 0.1) is 17.5 Å². The molecule has 3 atom stereocenters. The molecule has 4 heterocycles. The molecule has 11 heteroatoms. The first-order valence-electron chi connectivity index (χ1n) is 12.9. The van der Waals surface area contributed by atoms with E-state index in [4.69, 9.17) is 0 Å². The van der Waals surface area contributed by atoms with E-state index in [0.29, 0.717) is 18.4 Å². The molecule has 0 spiro atoms. The van der Waals surface area contributed by atoms with Gasteiger partial charge in [0.1, 0.15) is 12.1 Å². The number of likely N-dealkylation sites (tertiary alicyclic amines) is 1. The van der Waals surface area contributed by atoms with E-state index >= 15 is 0 Å². The zero-order chi connectivity index (χ0) is 27.7. The molecular weight excluding hydrogens is 536 g/mol. The molecule has 2 aliphatic heterocycles. The highest BCUT2D eigenvalue weighted by Gasteiger charge is 2.54. The van der Waals surface area contributed by atoms with Crippen molar-refractivity contribution in [3.63, 3.8) is 0 Å². The number of hydrogen-bond acceptors (Lipinski definition) is 7. The predicted octanol–water partition coefficient (Wildman–Crippen LogP) is 3.20. The van der Waals surface area contributed by atoms with Crippen LogP contribution < -0.4 is 5.32 Å². The van der Waals surface area contributed by atoms with E-state index in [0.717, 1.165) is 10.4 Å². The van der Waals surface area contributed by atoms with Crippen LogP contribution in [0, 0.1) is 5.92 Å². The molecule has 0 radical (unpaired) electrons. The van der Waals surface area contributed by atoms with Gasteiger partial charge in [-0.05, 0) is 60.0 Å². The number of nitrogens with zero attached hydrogens (tertiary/aromatic N) is 3. The molecule has 3 unspecified atom stereocenters. The molecule has 2 fully saturated rings. The fourth-order valence-electron chi connectivity index (χ4n) is 5.35. The number of hydrogen-bond donors (Lipinski definition) is 1. The van der Waals surface area contributed by atoms with Crippen LogP contribution in [-0.4, -0.2) is 71.4 Å². The number of sulfonamides is 1. The van der Waals surface area contributed by atoms with Crippen LogP contribution in [0.4, 0.5) is 0 Å². The van der Waals surface area contributed by atoms with Gasteiger partial charge in [0.25, 0.3) is 5.91 Å².